The maximum Gasteiger partial charge on any atom is 0.275 e. The lowest BCUT2D eigenvalue weighted by molar-refractivity contribution is 0.629. The summed E-state index contributed by atoms with van der Waals surface area (Å²) in [6, 6.07) is 7.26. The Morgan fingerprint density at radius 2 is 2.00 bits per heavy atom. The van der Waals surface area contributed by atoms with Crippen molar-refractivity contribution in [1.29, 1.82) is 0 Å². The molecule has 0 amide bonds. The Kier molecular flexibility index (Phi) is 1.24. The Labute approximate surface area is 68.8 Å². The first-order valence-corrected chi connectivity index (χ1v) is 3.63. The molecule has 4 heteroatoms. The van der Waals surface area contributed by atoms with E-state index in [1.807, 2.05) is 18.2 Å². The van der Waals surface area contributed by atoms with Gasteiger partial charge in [-0.25, -0.2) is 4.68 Å². The molecule has 0 saturated heterocycles. The fraction of sp³-hybridized carbons (Fsp3) is 0.125. The molecule has 2 N–H and O–H groups in total. The summed E-state index contributed by atoms with van der Waals surface area (Å²) in [5.74, 6) is 5.62. The van der Waals surface area contributed by atoms with Crippen molar-refractivity contribution in [2.45, 2.75) is 0 Å². The molecular weight excluding hydrogens is 154 g/mol. The van der Waals surface area contributed by atoms with E-state index in [2.05, 4.69) is 0 Å². The first kappa shape index (κ1) is 6.97. The average Bonchev–Trinajstić information content (AvgIpc) is 2.33. The summed E-state index contributed by atoms with van der Waals surface area (Å²) in [6.45, 7) is 0. The zero-order valence-electron chi connectivity index (χ0n) is 6.69. The summed E-state index contributed by atoms with van der Waals surface area (Å²) in [5.41, 5.74) is 0.693. The molecule has 12 heavy (non-hydrogen) atoms. The van der Waals surface area contributed by atoms with Crippen LogP contribution in [0, 0.1) is 0 Å². The lowest BCUT2D eigenvalue weighted by Gasteiger charge is -1.98. The third-order valence-corrected chi connectivity index (χ3v) is 2.00. The summed E-state index contributed by atoms with van der Waals surface area (Å²) in [6.07, 6.45) is 0. The number of nitrogens with two attached hydrogens (primary N) is 1. The van der Waals surface area contributed by atoms with Crippen LogP contribution in [0.1, 0.15) is 0 Å². The number of rotatable bonds is 0. The number of hydrogen-bond donors (Lipinski definition) is 1. The molecule has 0 aliphatic rings. The second kappa shape index (κ2) is 2.14. The number of hydrogen-bond acceptors (Lipinski definition) is 2. The van der Waals surface area contributed by atoms with Gasteiger partial charge in [0.1, 0.15) is 0 Å². The van der Waals surface area contributed by atoms with E-state index < -0.39 is 0 Å². The number of nitrogens with zero attached hydrogens (tertiary/aromatic N) is 2. The van der Waals surface area contributed by atoms with Gasteiger partial charge in [-0.05, 0) is 12.1 Å². The Morgan fingerprint density at radius 1 is 1.33 bits per heavy atom. The molecule has 1 aromatic heterocycles. The highest BCUT2D eigenvalue weighted by molar-refractivity contribution is 5.78. The van der Waals surface area contributed by atoms with Gasteiger partial charge in [-0.2, -0.15) is 4.79 Å². The maximum absolute atomic E-state index is 11.4. The quantitative estimate of drug-likeness (QED) is 0.558. The molecule has 0 unspecified atom stereocenters. The monoisotopic (exact) mass is 163 g/mol. The summed E-state index contributed by atoms with van der Waals surface area (Å²) in [7, 11) is 1.64. The van der Waals surface area contributed by atoms with Crippen molar-refractivity contribution in [2.75, 3.05) is 5.84 Å². The van der Waals surface area contributed by atoms with Crippen LogP contribution >= 0.6 is 0 Å². The predicted molar refractivity (Wildman–Crippen MR) is 47.3 cm³/mol. The highest BCUT2D eigenvalue weighted by Gasteiger charge is 2.05. The number of para-hydroxylation sites is 1. The van der Waals surface area contributed by atoms with Gasteiger partial charge in [0, 0.05) is 7.05 Å². The summed E-state index contributed by atoms with van der Waals surface area (Å²) in [4.78, 5) is 12.8. The van der Waals surface area contributed by atoms with Crippen molar-refractivity contribution in [2.24, 2.45) is 7.05 Å². The number of aromatic nitrogens is 2. The van der Waals surface area contributed by atoms with Crippen molar-refractivity contribution in [3.63, 3.8) is 0 Å². The van der Waals surface area contributed by atoms with Gasteiger partial charge in [0.15, 0.2) is 0 Å². The first-order valence-electron chi connectivity index (χ1n) is 3.63. The molecule has 0 bridgehead atoms. The smallest absolute Gasteiger partial charge is 0.275 e. The van der Waals surface area contributed by atoms with Gasteiger partial charge < -0.3 is 5.84 Å². The van der Waals surface area contributed by atoms with E-state index in [9.17, 15) is 4.79 Å². The molecule has 4 nitrogen and oxygen atoms in total. The highest BCUT2D eigenvalue weighted by Crippen LogP contribution is 2.06. The Morgan fingerprint density at radius 3 is 2.67 bits per heavy atom. The zero-order valence-corrected chi connectivity index (χ0v) is 6.69. The molecular formula is C8H9N3O. The van der Waals surface area contributed by atoms with Crippen LogP contribution in [0.2, 0.25) is 0 Å². The molecule has 0 fully saturated rings. The second-order valence-corrected chi connectivity index (χ2v) is 2.69. The molecule has 0 saturated carbocycles. The summed E-state index contributed by atoms with van der Waals surface area (Å²) < 4.78 is 1.38. The van der Waals surface area contributed by atoms with Crippen LogP contribution in [-0.4, -0.2) is 9.47 Å². The molecule has 0 aliphatic carbocycles. The van der Waals surface area contributed by atoms with Crippen molar-refractivity contribution < 1.29 is 0 Å². The van der Waals surface area contributed by atoms with Gasteiger partial charge in [0.05, 0.1) is 10.9 Å². The average molecular weight is 163 g/mol. The van der Waals surface area contributed by atoms with E-state index in [0.717, 1.165) is 5.52 Å². The van der Waals surface area contributed by atoms with E-state index >= 15 is 0 Å². The van der Waals surface area contributed by atoms with E-state index in [-0.39, 0.29) is 5.56 Å². The fourth-order valence-corrected chi connectivity index (χ4v) is 1.29. The van der Waals surface area contributed by atoms with Crippen LogP contribution in [0.4, 0.5) is 0 Å². The minimum absolute atomic E-state index is 0.0619. The second-order valence-electron chi connectivity index (χ2n) is 2.69. The third kappa shape index (κ3) is 0.689. The van der Waals surface area contributed by atoms with Crippen molar-refractivity contribution in [3.8, 4) is 0 Å². The molecule has 1 aromatic carbocycles. The molecule has 1 heterocycles. The molecule has 0 spiro atoms. The van der Waals surface area contributed by atoms with Crippen LogP contribution in [-0.2, 0) is 7.05 Å². The molecule has 62 valence electrons. The van der Waals surface area contributed by atoms with Crippen LogP contribution in [0.5, 0.6) is 0 Å². The van der Waals surface area contributed by atoms with Gasteiger partial charge in [0.25, 0.3) is 5.56 Å². The van der Waals surface area contributed by atoms with Gasteiger partial charge in [0.2, 0.25) is 0 Å². The number of nitrogen functional groups attached to an aromatic ring is 1. The Balaban J connectivity index is 3.09. The van der Waals surface area contributed by atoms with Gasteiger partial charge in [-0.3, -0.25) is 4.79 Å². The molecule has 2 rings (SSSR count). The summed E-state index contributed by atoms with van der Waals surface area (Å²) in [5, 5.41) is 0.655. The van der Waals surface area contributed by atoms with Gasteiger partial charge in [-0.15, -0.1) is 0 Å². The van der Waals surface area contributed by atoms with Crippen LogP contribution in [0.15, 0.2) is 29.1 Å². The largest absolute Gasteiger partial charge is 0.324 e. The minimum atomic E-state index is -0.0619. The fourth-order valence-electron chi connectivity index (χ4n) is 1.29. The third-order valence-electron chi connectivity index (χ3n) is 2.00. The van der Waals surface area contributed by atoms with Gasteiger partial charge in [-0.1, -0.05) is 12.1 Å². The Hall–Kier alpha value is -1.71. The Bertz CT molecular complexity index is 480. The SMILES string of the molecule is Cn1c(=O)c2ccccc2n1N. The van der Waals surface area contributed by atoms with Crippen molar-refractivity contribution >= 4 is 10.9 Å². The lowest BCUT2D eigenvalue weighted by atomic mass is 10.3. The van der Waals surface area contributed by atoms with Crippen molar-refractivity contribution in [3.05, 3.63) is 34.6 Å². The van der Waals surface area contributed by atoms with Crippen LogP contribution in [0.3, 0.4) is 0 Å². The van der Waals surface area contributed by atoms with Crippen LogP contribution in [0.25, 0.3) is 10.9 Å². The zero-order chi connectivity index (χ0) is 8.72. The topological polar surface area (TPSA) is 53.0 Å². The molecule has 0 atom stereocenters. The van der Waals surface area contributed by atoms with E-state index in [0.29, 0.717) is 5.39 Å². The van der Waals surface area contributed by atoms with Crippen molar-refractivity contribution in [1.82, 2.24) is 9.47 Å². The summed E-state index contributed by atoms with van der Waals surface area (Å²) >= 11 is 0. The number of benzene rings is 1. The minimum Gasteiger partial charge on any atom is -0.324 e. The standard InChI is InChI=1S/C8H9N3O/c1-10-8(12)6-4-2-3-5-7(6)11(10)9/h2-5H,9H2,1H3. The lowest BCUT2D eigenvalue weighted by Crippen LogP contribution is -2.24. The first-order chi connectivity index (χ1) is 5.72. The molecule has 2 aromatic rings. The molecule has 0 radical (unpaired) electrons. The normalized spacial score (nSPS) is 10.8. The van der Waals surface area contributed by atoms with E-state index in [1.165, 1.54) is 9.47 Å². The van der Waals surface area contributed by atoms with E-state index in [1.54, 1.807) is 13.1 Å². The maximum atomic E-state index is 11.4. The number of fused-ring (bicyclic) bond motifs is 1. The van der Waals surface area contributed by atoms with Crippen LogP contribution < -0.4 is 11.4 Å². The predicted octanol–water partition coefficient (Wildman–Crippen LogP) is 0.0538. The van der Waals surface area contributed by atoms with Gasteiger partial charge >= 0.3 is 0 Å². The highest BCUT2D eigenvalue weighted by atomic mass is 16.1. The molecule has 0 aliphatic heterocycles. The van der Waals surface area contributed by atoms with E-state index in [4.69, 9.17) is 5.84 Å².